The third kappa shape index (κ3) is 4.67. The van der Waals surface area contributed by atoms with Crippen LogP contribution in [0.4, 0.5) is 10.6 Å². The van der Waals surface area contributed by atoms with Crippen LogP contribution < -0.4 is 15.0 Å². The summed E-state index contributed by atoms with van der Waals surface area (Å²) in [5.41, 5.74) is 0. The van der Waals surface area contributed by atoms with Gasteiger partial charge in [-0.1, -0.05) is 29.3 Å². The van der Waals surface area contributed by atoms with Gasteiger partial charge in [0.15, 0.2) is 6.73 Å². The monoisotopic (exact) mass is 380 g/mol. The van der Waals surface area contributed by atoms with Gasteiger partial charge in [-0.25, -0.2) is 9.78 Å². The van der Waals surface area contributed by atoms with Crippen LogP contribution in [0, 0.1) is 0 Å². The number of benzene rings is 1. The highest BCUT2D eigenvalue weighted by atomic mass is 35.5. The van der Waals surface area contributed by atoms with Crippen molar-refractivity contribution in [2.24, 2.45) is 0 Å². The fourth-order valence-corrected chi connectivity index (χ4v) is 3.02. The highest BCUT2D eigenvalue weighted by Crippen LogP contribution is 2.27. The largest absolute Gasteiger partial charge is 0.472 e. The van der Waals surface area contributed by atoms with Gasteiger partial charge in [0.2, 0.25) is 0 Å². The number of hydrogen-bond acceptors (Lipinski definition) is 4. The van der Waals surface area contributed by atoms with E-state index in [2.05, 4.69) is 15.2 Å². The Morgan fingerprint density at radius 3 is 2.64 bits per heavy atom. The van der Waals surface area contributed by atoms with Gasteiger partial charge in [-0.15, -0.1) is 0 Å². The van der Waals surface area contributed by atoms with Gasteiger partial charge >= 0.3 is 6.03 Å². The first-order valence-corrected chi connectivity index (χ1v) is 8.66. The first-order chi connectivity index (χ1) is 12.1. The van der Waals surface area contributed by atoms with Crippen molar-refractivity contribution < 1.29 is 9.53 Å². The second kappa shape index (κ2) is 8.27. The van der Waals surface area contributed by atoms with Crippen molar-refractivity contribution in [3.63, 3.8) is 0 Å². The van der Waals surface area contributed by atoms with Crippen molar-refractivity contribution in [2.45, 2.75) is 0 Å². The Morgan fingerprint density at radius 1 is 1.16 bits per heavy atom. The Hall–Kier alpha value is -2.18. The predicted molar refractivity (Wildman–Crippen MR) is 98.5 cm³/mol. The summed E-state index contributed by atoms with van der Waals surface area (Å²) in [7, 11) is 0. The molecule has 8 heteroatoms. The number of aromatic nitrogens is 1. The van der Waals surface area contributed by atoms with E-state index < -0.39 is 0 Å². The van der Waals surface area contributed by atoms with Gasteiger partial charge in [-0.05, 0) is 30.3 Å². The predicted octanol–water partition coefficient (Wildman–Crippen LogP) is 3.26. The van der Waals surface area contributed by atoms with Crippen LogP contribution in [0.15, 0.2) is 42.6 Å². The van der Waals surface area contributed by atoms with Crippen LogP contribution in [0.25, 0.3) is 0 Å². The number of amides is 2. The standard InChI is InChI=1S/C17H18Cl2N4O2/c18-13-4-5-15(14(19)11-13)25-12-21-17(24)23-9-7-22(8-10-23)16-3-1-2-6-20-16/h1-6,11H,7-10,12H2,(H,21,24). The average molecular weight is 381 g/mol. The molecule has 1 aromatic heterocycles. The van der Waals surface area contributed by atoms with Crippen LogP contribution in [0.1, 0.15) is 0 Å². The van der Waals surface area contributed by atoms with Crippen LogP contribution in [-0.2, 0) is 0 Å². The van der Waals surface area contributed by atoms with Gasteiger partial charge in [0.1, 0.15) is 11.6 Å². The van der Waals surface area contributed by atoms with E-state index in [0.717, 1.165) is 18.9 Å². The van der Waals surface area contributed by atoms with Gasteiger partial charge < -0.3 is 19.9 Å². The molecule has 0 aliphatic carbocycles. The first-order valence-electron chi connectivity index (χ1n) is 7.90. The van der Waals surface area contributed by atoms with Crippen LogP contribution in [-0.4, -0.2) is 48.8 Å². The van der Waals surface area contributed by atoms with Gasteiger partial charge in [0, 0.05) is 37.4 Å². The van der Waals surface area contributed by atoms with Crippen LogP contribution in [0.2, 0.25) is 10.0 Å². The van der Waals surface area contributed by atoms with E-state index >= 15 is 0 Å². The van der Waals surface area contributed by atoms with E-state index in [1.807, 2.05) is 18.2 Å². The molecule has 132 valence electrons. The van der Waals surface area contributed by atoms with E-state index in [9.17, 15) is 4.79 Å². The third-order valence-corrected chi connectivity index (χ3v) is 4.42. The minimum absolute atomic E-state index is 0.0423. The van der Waals surface area contributed by atoms with Gasteiger partial charge in [0.25, 0.3) is 0 Å². The number of pyridine rings is 1. The lowest BCUT2D eigenvalue weighted by Gasteiger charge is -2.35. The lowest BCUT2D eigenvalue weighted by Crippen LogP contribution is -2.52. The van der Waals surface area contributed by atoms with Crippen LogP contribution in [0.5, 0.6) is 5.75 Å². The molecule has 1 aliphatic rings. The summed E-state index contributed by atoms with van der Waals surface area (Å²) in [6, 6.07) is 10.6. The lowest BCUT2D eigenvalue weighted by molar-refractivity contribution is 0.181. The summed E-state index contributed by atoms with van der Waals surface area (Å²) in [5.74, 6) is 1.41. The number of piperazine rings is 1. The average Bonchev–Trinajstić information content (AvgIpc) is 2.64. The lowest BCUT2D eigenvalue weighted by atomic mass is 10.3. The molecule has 1 aromatic carbocycles. The molecule has 1 fully saturated rings. The molecule has 0 saturated carbocycles. The number of urea groups is 1. The first kappa shape index (κ1) is 17.6. The molecule has 2 amide bonds. The highest BCUT2D eigenvalue weighted by Gasteiger charge is 2.21. The molecule has 25 heavy (non-hydrogen) atoms. The van der Waals surface area contributed by atoms with Crippen molar-refractivity contribution in [3.8, 4) is 5.75 Å². The molecule has 0 radical (unpaired) electrons. The molecule has 0 atom stereocenters. The number of carbonyl (C=O) groups excluding carboxylic acids is 1. The molecular formula is C17H18Cl2N4O2. The maximum Gasteiger partial charge on any atom is 0.320 e. The smallest absolute Gasteiger partial charge is 0.320 e. The summed E-state index contributed by atoms with van der Waals surface area (Å²) in [5, 5.41) is 3.68. The molecule has 2 heterocycles. The molecule has 1 aliphatic heterocycles. The molecular weight excluding hydrogens is 363 g/mol. The number of rotatable bonds is 4. The fourth-order valence-electron chi connectivity index (χ4n) is 2.56. The zero-order valence-electron chi connectivity index (χ0n) is 13.5. The summed E-state index contributed by atoms with van der Waals surface area (Å²) >= 11 is 11.9. The minimum Gasteiger partial charge on any atom is -0.472 e. The Balaban J connectivity index is 1.43. The molecule has 0 bridgehead atoms. The minimum atomic E-state index is -0.161. The highest BCUT2D eigenvalue weighted by molar-refractivity contribution is 6.35. The Kier molecular flexibility index (Phi) is 5.83. The number of carbonyl (C=O) groups is 1. The Labute approximate surface area is 156 Å². The Morgan fingerprint density at radius 2 is 1.96 bits per heavy atom. The second-order valence-electron chi connectivity index (χ2n) is 5.51. The van der Waals surface area contributed by atoms with Crippen molar-refractivity contribution in [1.82, 2.24) is 15.2 Å². The molecule has 1 N–H and O–H groups in total. The number of halogens is 2. The third-order valence-electron chi connectivity index (χ3n) is 3.89. The van der Waals surface area contributed by atoms with E-state index in [1.165, 1.54) is 0 Å². The zero-order valence-corrected chi connectivity index (χ0v) is 15.0. The van der Waals surface area contributed by atoms with E-state index in [-0.39, 0.29) is 12.8 Å². The van der Waals surface area contributed by atoms with Gasteiger partial charge in [0.05, 0.1) is 5.02 Å². The van der Waals surface area contributed by atoms with Gasteiger partial charge in [-0.3, -0.25) is 0 Å². The number of anilines is 1. The summed E-state index contributed by atoms with van der Waals surface area (Å²) in [6.07, 6.45) is 1.77. The van der Waals surface area contributed by atoms with Gasteiger partial charge in [-0.2, -0.15) is 0 Å². The van der Waals surface area contributed by atoms with Crippen molar-refractivity contribution in [1.29, 1.82) is 0 Å². The SMILES string of the molecule is O=C(NCOc1ccc(Cl)cc1Cl)N1CCN(c2ccccn2)CC1. The van der Waals surface area contributed by atoms with Crippen LogP contribution in [0.3, 0.4) is 0 Å². The van der Waals surface area contributed by atoms with E-state index in [1.54, 1.807) is 29.3 Å². The van der Waals surface area contributed by atoms with Crippen molar-refractivity contribution >= 4 is 35.1 Å². The summed E-state index contributed by atoms with van der Waals surface area (Å²) < 4.78 is 5.47. The fraction of sp³-hybridized carbons (Fsp3) is 0.294. The second-order valence-corrected chi connectivity index (χ2v) is 6.35. The molecule has 2 aromatic rings. The molecule has 6 nitrogen and oxygen atoms in total. The maximum atomic E-state index is 12.2. The number of ether oxygens (including phenoxy) is 1. The zero-order chi connectivity index (χ0) is 17.6. The maximum absolute atomic E-state index is 12.2. The molecule has 1 saturated heterocycles. The Bertz CT molecular complexity index is 722. The van der Waals surface area contributed by atoms with E-state index in [4.69, 9.17) is 27.9 Å². The van der Waals surface area contributed by atoms with Crippen LogP contribution >= 0.6 is 23.2 Å². The number of hydrogen-bond donors (Lipinski definition) is 1. The number of nitrogens with zero attached hydrogens (tertiary/aromatic N) is 3. The van der Waals surface area contributed by atoms with Crippen molar-refractivity contribution in [3.05, 3.63) is 52.6 Å². The normalized spacial score (nSPS) is 14.3. The molecule has 0 spiro atoms. The molecule has 3 rings (SSSR count). The van der Waals surface area contributed by atoms with Crippen molar-refractivity contribution in [2.75, 3.05) is 37.8 Å². The number of nitrogens with one attached hydrogen (secondary N) is 1. The molecule has 0 unspecified atom stereocenters. The van der Waals surface area contributed by atoms with E-state index in [0.29, 0.717) is 28.9 Å². The summed E-state index contributed by atoms with van der Waals surface area (Å²) in [6.45, 7) is 2.79. The quantitative estimate of drug-likeness (QED) is 0.827. The topological polar surface area (TPSA) is 57.7 Å². The summed E-state index contributed by atoms with van der Waals surface area (Å²) in [4.78, 5) is 20.5.